The van der Waals surface area contributed by atoms with Crippen molar-refractivity contribution in [3.63, 3.8) is 0 Å². The Morgan fingerprint density at radius 2 is 2.04 bits per heavy atom. The topological polar surface area (TPSA) is 73.3 Å². The molecule has 2 rings (SSSR count). The third-order valence-electron chi connectivity index (χ3n) is 3.41. The lowest BCUT2D eigenvalue weighted by molar-refractivity contribution is -0.116. The van der Waals surface area contributed by atoms with Crippen molar-refractivity contribution in [1.29, 1.82) is 0 Å². The number of hydrogen-bond acceptors (Lipinski definition) is 6. The summed E-state index contributed by atoms with van der Waals surface area (Å²) >= 11 is 1.43. The van der Waals surface area contributed by atoms with E-state index < -0.39 is 0 Å². The molecule has 24 heavy (non-hydrogen) atoms. The first kappa shape index (κ1) is 18.2. The molecule has 1 N–H and O–H groups in total. The van der Waals surface area contributed by atoms with Crippen LogP contribution in [0.1, 0.15) is 30.8 Å². The molecule has 1 heterocycles. The third kappa shape index (κ3) is 5.19. The van der Waals surface area contributed by atoms with Crippen molar-refractivity contribution in [1.82, 2.24) is 10.2 Å². The summed E-state index contributed by atoms with van der Waals surface area (Å²) < 4.78 is 10.5. The maximum atomic E-state index is 12.1. The van der Waals surface area contributed by atoms with Gasteiger partial charge in [0.1, 0.15) is 16.5 Å². The predicted molar refractivity (Wildman–Crippen MR) is 94.9 cm³/mol. The average Bonchev–Trinajstić information content (AvgIpc) is 2.98. The number of aryl methyl sites for hydroxylation is 1. The molecule has 0 aliphatic carbocycles. The van der Waals surface area contributed by atoms with Crippen LogP contribution in [0.15, 0.2) is 18.2 Å². The van der Waals surface area contributed by atoms with Gasteiger partial charge >= 0.3 is 0 Å². The number of nitrogens with zero attached hydrogens (tertiary/aromatic N) is 2. The van der Waals surface area contributed by atoms with E-state index in [0.717, 1.165) is 28.5 Å². The molecule has 0 atom stereocenters. The van der Waals surface area contributed by atoms with Crippen molar-refractivity contribution in [2.24, 2.45) is 5.92 Å². The lowest BCUT2D eigenvalue weighted by atomic mass is 10.1. The Labute approximate surface area is 146 Å². The average molecular weight is 349 g/mol. The number of rotatable bonds is 8. The minimum absolute atomic E-state index is 0.0906. The maximum absolute atomic E-state index is 12.1. The number of aromatic nitrogens is 2. The van der Waals surface area contributed by atoms with Gasteiger partial charge in [0, 0.05) is 12.8 Å². The summed E-state index contributed by atoms with van der Waals surface area (Å²) in [5, 5.41) is 12.4. The molecule has 0 aliphatic heterocycles. The van der Waals surface area contributed by atoms with Crippen molar-refractivity contribution in [3.05, 3.63) is 28.8 Å². The Balaban J connectivity index is 1.92. The summed E-state index contributed by atoms with van der Waals surface area (Å²) in [6.45, 7) is 4.25. The summed E-state index contributed by atoms with van der Waals surface area (Å²) in [6.07, 6.45) is 1.76. The molecule has 2 aromatic rings. The number of nitrogens with one attached hydrogen (secondary N) is 1. The van der Waals surface area contributed by atoms with E-state index in [-0.39, 0.29) is 5.91 Å². The van der Waals surface area contributed by atoms with Crippen LogP contribution in [0.5, 0.6) is 11.5 Å². The van der Waals surface area contributed by atoms with E-state index >= 15 is 0 Å². The number of anilines is 1. The zero-order valence-corrected chi connectivity index (χ0v) is 15.3. The summed E-state index contributed by atoms with van der Waals surface area (Å²) in [5.41, 5.74) is 0.935. The molecule has 6 nitrogen and oxygen atoms in total. The largest absolute Gasteiger partial charge is 0.497 e. The van der Waals surface area contributed by atoms with Gasteiger partial charge in [-0.3, -0.25) is 4.79 Å². The van der Waals surface area contributed by atoms with Crippen LogP contribution >= 0.6 is 11.3 Å². The van der Waals surface area contributed by atoms with Crippen LogP contribution in [0.25, 0.3) is 0 Å². The molecule has 1 aromatic heterocycles. The minimum atomic E-state index is -0.0906. The molecular formula is C17H23N3O3S. The molecule has 0 unspecified atom stereocenters. The smallest absolute Gasteiger partial charge is 0.226 e. The van der Waals surface area contributed by atoms with E-state index in [1.165, 1.54) is 11.3 Å². The second-order valence-corrected chi connectivity index (χ2v) is 6.89. The Hall–Kier alpha value is -2.15. The Bertz CT molecular complexity index is 685. The standard InChI is InChI=1S/C17H23N3O3S/c1-11(2)9-16-19-20-17(24-16)18-15(21)8-5-12-10-13(22-3)6-7-14(12)23-4/h6-7,10-11H,5,8-9H2,1-4H3,(H,18,20,21). The molecule has 0 radical (unpaired) electrons. The first-order valence-electron chi connectivity index (χ1n) is 7.85. The van der Waals surface area contributed by atoms with Gasteiger partial charge in [-0.1, -0.05) is 25.2 Å². The van der Waals surface area contributed by atoms with Crippen molar-refractivity contribution >= 4 is 22.4 Å². The molecule has 0 fully saturated rings. The van der Waals surface area contributed by atoms with Crippen LogP contribution in [0.3, 0.4) is 0 Å². The van der Waals surface area contributed by atoms with Crippen LogP contribution < -0.4 is 14.8 Å². The highest BCUT2D eigenvalue weighted by atomic mass is 32.1. The summed E-state index contributed by atoms with van der Waals surface area (Å²) in [7, 11) is 3.23. The van der Waals surface area contributed by atoms with Crippen LogP contribution in [-0.4, -0.2) is 30.3 Å². The fourth-order valence-electron chi connectivity index (χ4n) is 2.24. The van der Waals surface area contributed by atoms with Gasteiger partial charge in [0.05, 0.1) is 14.2 Å². The predicted octanol–water partition coefficient (Wildman–Crippen LogP) is 3.33. The molecule has 1 aromatic carbocycles. The zero-order chi connectivity index (χ0) is 17.5. The van der Waals surface area contributed by atoms with Gasteiger partial charge in [-0.2, -0.15) is 0 Å². The SMILES string of the molecule is COc1ccc(OC)c(CCC(=O)Nc2nnc(CC(C)C)s2)c1. The molecule has 0 aliphatic rings. The van der Waals surface area contributed by atoms with Crippen LogP contribution in [-0.2, 0) is 17.6 Å². The van der Waals surface area contributed by atoms with Crippen molar-refractivity contribution in [3.8, 4) is 11.5 Å². The molecule has 0 saturated heterocycles. The number of amides is 1. The first-order chi connectivity index (χ1) is 11.5. The molecule has 7 heteroatoms. The third-order valence-corrected chi connectivity index (χ3v) is 4.27. The number of benzene rings is 1. The lowest BCUT2D eigenvalue weighted by Gasteiger charge is -2.10. The zero-order valence-electron chi connectivity index (χ0n) is 14.5. The molecule has 0 spiro atoms. The van der Waals surface area contributed by atoms with Gasteiger partial charge in [0.15, 0.2) is 0 Å². The summed E-state index contributed by atoms with van der Waals surface area (Å²) in [4.78, 5) is 12.1. The number of carbonyl (C=O) groups is 1. The second-order valence-electron chi connectivity index (χ2n) is 5.82. The van der Waals surface area contributed by atoms with E-state index in [4.69, 9.17) is 9.47 Å². The van der Waals surface area contributed by atoms with Gasteiger partial charge in [-0.05, 0) is 36.1 Å². The monoisotopic (exact) mass is 349 g/mol. The van der Waals surface area contributed by atoms with E-state index in [2.05, 4.69) is 29.4 Å². The van der Waals surface area contributed by atoms with Gasteiger partial charge < -0.3 is 14.8 Å². The van der Waals surface area contributed by atoms with E-state index in [0.29, 0.717) is 23.9 Å². The van der Waals surface area contributed by atoms with Crippen molar-refractivity contribution in [2.75, 3.05) is 19.5 Å². The highest BCUT2D eigenvalue weighted by molar-refractivity contribution is 7.15. The van der Waals surface area contributed by atoms with Crippen molar-refractivity contribution < 1.29 is 14.3 Å². The van der Waals surface area contributed by atoms with Gasteiger partial charge in [0.25, 0.3) is 0 Å². The normalized spacial score (nSPS) is 10.7. The van der Waals surface area contributed by atoms with E-state index in [9.17, 15) is 4.79 Å². The molecule has 130 valence electrons. The van der Waals surface area contributed by atoms with Crippen LogP contribution in [0.4, 0.5) is 5.13 Å². The van der Waals surface area contributed by atoms with E-state index in [1.54, 1.807) is 14.2 Å². The maximum Gasteiger partial charge on any atom is 0.226 e. The first-order valence-corrected chi connectivity index (χ1v) is 8.66. The highest BCUT2D eigenvalue weighted by Gasteiger charge is 2.11. The Morgan fingerprint density at radius 3 is 2.71 bits per heavy atom. The highest BCUT2D eigenvalue weighted by Crippen LogP contribution is 2.25. The number of methoxy groups -OCH3 is 2. The lowest BCUT2D eigenvalue weighted by Crippen LogP contribution is -2.12. The molecule has 0 saturated carbocycles. The van der Waals surface area contributed by atoms with Gasteiger partial charge in [0.2, 0.25) is 11.0 Å². The molecular weight excluding hydrogens is 326 g/mol. The van der Waals surface area contributed by atoms with E-state index in [1.807, 2.05) is 18.2 Å². The minimum Gasteiger partial charge on any atom is -0.497 e. The number of carbonyl (C=O) groups excluding carboxylic acids is 1. The van der Waals surface area contributed by atoms with Gasteiger partial charge in [-0.25, -0.2) is 0 Å². The fourth-order valence-corrected chi connectivity index (χ4v) is 3.21. The Kier molecular flexibility index (Phi) is 6.54. The number of hydrogen-bond donors (Lipinski definition) is 1. The number of ether oxygens (including phenoxy) is 2. The van der Waals surface area contributed by atoms with Crippen LogP contribution in [0.2, 0.25) is 0 Å². The second kappa shape index (κ2) is 8.63. The Morgan fingerprint density at radius 1 is 1.25 bits per heavy atom. The van der Waals surface area contributed by atoms with Gasteiger partial charge in [-0.15, -0.1) is 10.2 Å². The van der Waals surface area contributed by atoms with Crippen molar-refractivity contribution in [2.45, 2.75) is 33.1 Å². The quantitative estimate of drug-likeness (QED) is 0.791. The summed E-state index contributed by atoms with van der Waals surface area (Å²) in [6, 6.07) is 5.56. The molecule has 0 bridgehead atoms. The van der Waals surface area contributed by atoms with Crippen LogP contribution in [0, 0.1) is 5.92 Å². The molecule has 1 amide bonds. The summed E-state index contributed by atoms with van der Waals surface area (Å²) in [5.74, 6) is 1.92. The fraction of sp³-hybridized carbons (Fsp3) is 0.471.